The number of benzene rings is 1. The third kappa shape index (κ3) is 2.59. The zero-order chi connectivity index (χ0) is 18.5. The quantitative estimate of drug-likeness (QED) is 0.634. The molecule has 5 nitrogen and oxygen atoms in total. The van der Waals surface area contributed by atoms with E-state index in [-0.39, 0.29) is 22.8 Å². The Morgan fingerprint density at radius 3 is 2.77 bits per heavy atom. The minimum Gasteiger partial charge on any atom is -0.464 e. The standard InChI is InChI=1S/C17H12F3N3O2S/c1-25-15(24)12-8-26-16(21-12)23-14(17(18,19)20)11-7-6-9-4-2-3-5-10(9)13(11)22-23/h2-5,8H,6-7H2,1H3. The van der Waals surface area contributed by atoms with Gasteiger partial charge in [-0.1, -0.05) is 24.3 Å². The molecule has 3 aromatic rings. The first kappa shape index (κ1) is 16.8. The molecule has 1 aliphatic rings. The number of nitrogens with zero attached hydrogens (tertiary/aromatic N) is 3. The van der Waals surface area contributed by atoms with Crippen LogP contribution in [-0.4, -0.2) is 27.8 Å². The van der Waals surface area contributed by atoms with Crippen LogP contribution in [0.4, 0.5) is 13.2 Å². The molecular weight excluding hydrogens is 367 g/mol. The molecule has 134 valence electrons. The number of aryl methyl sites for hydroxylation is 1. The van der Waals surface area contributed by atoms with E-state index in [0.29, 0.717) is 17.7 Å². The summed E-state index contributed by atoms with van der Waals surface area (Å²) in [6.45, 7) is 0. The van der Waals surface area contributed by atoms with E-state index in [0.717, 1.165) is 21.6 Å². The van der Waals surface area contributed by atoms with Crippen LogP contribution in [0.5, 0.6) is 0 Å². The maximum absolute atomic E-state index is 13.8. The van der Waals surface area contributed by atoms with Crippen molar-refractivity contribution in [1.82, 2.24) is 14.8 Å². The minimum absolute atomic E-state index is 0.0235. The van der Waals surface area contributed by atoms with Crippen molar-refractivity contribution in [3.8, 4) is 16.4 Å². The van der Waals surface area contributed by atoms with E-state index in [1.807, 2.05) is 12.1 Å². The highest BCUT2D eigenvalue weighted by Crippen LogP contribution is 2.42. The summed E-state index contributed by atoms with van der Waals surface area (Å²) in [6, 6.07) is 7.30. The third-order valence-corrected chi connectivity index (χ3v) is 5.05. The fourth-order valence-corrected chi connectivity index (χ4v) is 3.87. The number of carbonyl (C=O) groups is 1. The summed E-state index contributed by atoms with van der Waals surface area (Å²) in [4.78, 5) is 15.5. The van der Waals surface area contributed by atoms with Crippen molar-refractivity contribution in [3.63, 3.8) is 0 Å². The second kappa shape index (κ2) is 5.94. The van der Waals surface area contributed by atoms with Crippen LogP contribution in [0.2, 0.25) is 0 Å². The fraction of sp³-hybridized carbons (Fsp3) is 0.235. The van der Waals surface area contributed by atoms with Gasteiger partial charge in [0, 0.05) is 16.5 Å². The fourth-order valence-electron chi connectivity index (χ4n) is 3.12. The van der Waals surface area contributed by atoms with Gasteiger partial charge in [-0.15, -0.1) is 11.3 Å². The summed E-state index contributed by atoms with van der Waals surface area (Å²) in [5.41, 5.74) is 1.25. The number of esters is 1. The van der Waals surface area contributed by atoms with Gasteiger partial charge < -0.3 is 4.74 Å². The first-order chi connectivity index (χ1) is 12.4. The maximum atomic E-state index is 13.8. The number of methoxy groups -OCH3 is 1. The lowest BCUT2D eigenvalue weighted by atomic mass is 9.89. The highest BCUT2D eigenvalue weighted by molar-refractivity contribution is 7.12. The highest BCUT2D eigenvalue weighted by atomic mass is 32.1. The van der Waals surface area contributed by atoms with Crippen LogP contribution < -0.4 is 0 Å². The summed E-state index contributed by atoms with van der Waals surface area (Å²) in [7, 11) is 1.19. The van der Waals surface area contributed by atoms with Gasteiger partial charge in [0.25, 0.3) is 0 Å². The molecule has 0 atom stereocenters. The summed E-state index contributed by atoms with van der Waals surface area (Å²) in [6.07, 6.45) is -3.83. The van der Waals surface area contributed by atoms with Gasteiger partial charge in [-0.2, -0.15) is 18.3 Å². The lowest BCUT2D eigenvalue weighted by molar-refractivity contribution is -0.143. The van der Waals surface area contributed by atoms with Gasteiger partial charge in [-0.25, -0.2) is 14.5 Å². The van der Waals surface area contributed by atoms with Gasteiger partial charge in [0.2, 0.25) is 5.13 Å². The van der Waals surface area contributed by atoms with E-state index in [9.17, 15) is 18.0 Å². The van der Waals surface area contributed by atoms with Gasteiger partial charge in [-0.3, -0.25) is 0 Å². The van der Waals surface area contributed by atoms with Gasteiger partial charge >= 0.3 is 12.1 Å². The molecule has 0 fully saturated rings. The number of hydrogen-bond donors (Lipinski definition) is 0. The smallest absolute Gasteiger partial charge is 0.433 e. The monoisotopic (exact) mass is 379 g/mol. The molecule has 0 unspecified atom stereocenters. The Kier molecular flexibility index (Phi) is 3.83. The van der Waals surface area contributed by atoms with Crippen molar-refractivity contribution >= 4 is 17.3 Å². The average Bonchev–Trinajstić information content (AvgIpc) is 3.25. The average molecular weight is 379 g/mol. The van der Waals surface area contributed by atoms with Crippen molar-refractivity contribution in [2.75, 3.05) is 7.11 Å². The number of hydrogen-bond acceptors (Lipinski definition) is 5. The SMILES string of the molecule is COC(=O)c1csc(-n2nc3c(c2C(F)(F)F)CCc2ccccc2-3)n1. The van der Waals surface area contributed by atoms with Crippen LogP contribution in [0.1, 0.15) is 27.3 Å². The van der Waals surface area contributed by atoms with Gasteiger partial charge in [0.15, 0.2) is 11.4 Å². The second-order valence-electron chi connectivity index (χ2n) is 5.75. The van der Waals surface area contributed by atoms with E-state index < -0.39 is 17.8 Å². The summed E-state index contributed by atoms with van der Waals surface area (Å²) >= 11 is 0.910. The number of thiazole rings is 1. The number of ether oxygens (including phenoxy) is 1. The minimum atomic E-state index is -4.59. The van der Waals surface area contributed by atoms with Crippen LogP contribution in [0.3, 0.4) is 0 Å². The number of halogens is 3. The molecule has 2 heterocycles. The topological polar surface area (TPSA) is 57.0 Å². The molecule has 0 N–H and O–H groups in total. The number of fused-ring (bicyclic) bond motifs is 3. The predicted molar refractivity (Wildman–Crippen MR) is 88.4 cm³/mol. The molecule has 0 bridgehead atoms. The van der Waals surface area contributed by atoms with Crippen molar-refractivity contribution in [2.45, 2.75) is 19.0 Å². The Bertz CT molecular complexity index is 1010. The number of aromatic nitrogens is 3. The molecule has 0 spiro atoms. The summed E-state index contributed by atoms with van der Waals surface area (Å²) in [5.74, 6) is -0.705. The normalized spacial score (nSPS) is 13.2. The largest absolute Gasteiger partial charge is 0.464 e. The van der Waals surface area contributed by atoms with Crippen molar-refractivity contribution in [1.29, 1.82) is 0 Å². The number of rotatable bonds is 2. The van der Waals surface area contributed by atoms with E-state index >= 15 is 0 Å². The van der Waals surface area contributed by atoms with Crippen LogP contribution in [0.15, 0.2) is 29.6 Å². The molecule has 0 aliphatic heterocycles. The molecule has 1 aromatic carbocycles. The van der Waals surface area contributed by atoms with Crippen LogP contribution >= 0.6 is 11.3 Å². The Labute approximate surface area is 150 Å². The van der Waals surface area contributed by atoms with Crippen molar-refractivity contribution < 1.29 is 22.7 Å². The number of carbonyl (C=O) groups excluding carboxylic acids is 1. The molecule has 9 heteroatoms. The van der Waals surface area contributed by atoms with E-state index in [4.69, 9.17) is 0 Å². The summed E-state index contributed by atoms with van der Waals surface area (Å²) in [5, 5.41) is 5.55. The van der Waals surface area contributed by atoms with Crippen molar-refractivity contribution in [3.05, 3.63) is 52.2 Å². The molecule has 0 saturated carbocycles. The Morgan fingerprint density at radius 2 is 2.04 bits per heavy atom. The van der Waals surface area contributed by atoms with Crippen LogP contribution in [0.25, 0.3) is 16.4 Å². The first-order valence-electron chi connectivity index (χ1n) is 7.71. The Balaban J connectivity index is 1.93. The third-order valence-electron chi connectivity index (χ3n) is 4.24. The van der Waals surface area contributed by atoms with Gasteiger partial charge in [0.1, 0.15) is 0 Å². The van der Waals surface area contributed by atoms with Crippen LogP contribution in [0, 0.1) is 0 Å². The number of alkyl halides is 3. The zero-order valence-corrected chi connectivity index (χ0v) is 14.3. The molecule has 0 saturated heterocycles. The molecule has 0 amide bonds. The molecule has 1 aliphatic carbocycles. The first-order valence-corrected chi connectivity index (χ1v) is 8.59. The molecule has 0 radical (unpaired) electrons. The van der Waals surface area contributed by atoms with Gasteiger partial charge in [0.05, 0.1) is 12.8 Å². The summed E-state index contributed by atoms with van der Waals surface area (Å²) < 4.78 is 46.7. The van der Waals surface area contributed by atoms with Gasteiger partial charge in [-0.05, 0) is 18.4 Å². The van der Waals surface area contributed by atoms with Crippen LogP contribution in [-0.2, 0) is 23.8 Å². The maximum Gasteiger partial charge on any atom is 0.433 e. The molecule has 4 rings (SSSR count). The van der Waals surface area contributed by atoms with E-state index in [1.165, 1.54) is 12.5 Å². The molecule has 2 aromatic heterocycles. The predicted octanol–water partition coefficient (Wildman–Crippen LogP) is 3.90. The zero-order valence-electron chi connectivity index (χ0n) is 13.5. The lowest BCUT2D eigenvalue weighted by Gasteiger charge is -2.16. The Morgan fingerprint density at radius 1 is 1.27 bits per heavy atom. The second-order valence-corrected chi connectivity index (χ2v) is 6.59. The molecule has 26 heavy (non-hydrogen) atoms. The van der Waals surface area contributed by atoms with E-state index in [2.05, 4.69) is 14.8 Å². The lowest BCUT2D eigenvalue weighted by Crippen LogP contribution is -2.16. The van der Waals surface area contributed by atoms with E-state index in [1.54, 1.807) is 12.1 Å². The Hall–Kier alpha value is -2.68. The molecular formula is C17H12F3N3O2S. The van der Waals surface area contributed by atoms with Crippen molar-refractivity contribution in [2.24, 2.45) is 0 Å². The highest BCUT2D eigenvalue weighted by Gasteiger charge is 2.42.